The van der Waals surface area contributed by atoms with Gasteiger partial charge in [-0.05, 0) is 33.9 Å². The topological polar surface area (TPSA) is 63.1 Å². The maximum absolute atomic E-state index is 11.5. The second kappa shape index (κ2) is 15.0. The van der Waals surface area contributed by atoms with Gasteiger partial charge in [-0.2, -0.15) is 0 Å². The fourth-order valence-electron chi connectivity index (χ4n) is 4.03. The minimum Gasteiger partial charge on any atom is -0.512 e. The van der Waals surface area contributed by atoms with Gasteiger partial charge in [0.15, 0.2) is 5.78 Å². The minimum absolute atomic E-state index is 0. The van der Waals surface area contributed by atoms with Gasteiger partial charge in [0, 0.05) is 29.3 Å². The number of allylic oxidation sites excluding steroid dienone is 2. The molecule has 0 saturated carbocycles. The van der Waals surface area contributed by atoms with E-state index in [4.69, 9.17) is 0 Å². The summed E-state index contributed by atoms with van der Waals surface area (Å²) in [4.78, 5) is 20.2. The molecule has 4 nitrogen and oxygen atoms in total. The molecule has 6 rings (SSSR count). The molecule has 5 heteroatoms. The zero-order valence-electron chi connectivity index (χ0n) is 25.9. The summed E-state index contributed by atoms with van der Waals surface area (Å²) in [5.41, 5.74) is 1.30. The summed E-state index contributed by atoms with van der Waals surface area (Å²) >= 11 is 0. The number of hydrogen-bond acceptors (Lipinski definition) is 4. The van der Waals surface area contributed by atoms with E-state index in [1.807, 2.05) is 90.3 Å². The Morgan fingerprint density at radius 2 is 1.05 bits per heavy atom. The number of benzene rings is 4. The Hall–Kier alpha value is -3.92. The summed E-state index contributed by atoms with van der Waals surface area (Å²) in [6, 6.07) is 34.9. The molecule has 0 amide bonds. The SMILES string of the molecule is CC(C)(C)C(=O)/C=C(\O)C(C)(C)C.[CH3-].[Ir+3].[c-]1cccc2ccc3cccnc3c12.[c-]1cccc2ccc3cccnc3c12. The molecule has 222 valence electrons. The average Bonchev–Trinajstić information content (AvgIpc) is 2.97. The molecule has 4 aromatic carbocycles. The number of carbonyl (C=O) groups excluding carboxylic acids is 1. The monoisotopic (exact) mass is 748 g/mol. The van der Waals surface area contributed by atoms with E-state index in [0.29, 0.717) is 0 Å². The number of aliphatic hydroxyl groups is 1. The summed E-state index contributed by atoms with van der Waals surface area (Å²) in [5.74, 6) is 0.104. The fourth-order valence-corrected chi connectivity index (χ4v) is 4.03. The average molecular weight is 748 g/mol. The fraction of sp³-hybridized carbons (Fsp3) is 0.211. The Labute approximate surface area is 269 Å². The first-order valence-corrected chi connectivity index (χ1v) is 13.7. The quantitative estimate of drug-likeness (QED) is 0.0788. The first-order chi connectivity index (χ1) is 19.4. The Kier molecular flexibility index (Phi) is 12.3. The van der Waals surface area contributed by atoms with Crippen LogP contribution in [0.4, 0.5) is 0 Å². The van der Waals surface area contributed by atoms with E-state index in [-0.39, 0.29) is 44.5 Å². The zero-order chi connectivity index (χ0) is 29.6. The molecule has 0 saturated heterocycles. The summed E-state index contributed by atoms with van der Waals surface area (Å²) in [6.45, 7) is 11.1. The van der Waals surface area contributed by atoms with Crippen molar-refractivity contribution in [3.05, 3.63) is 129 Å². The number of aromatic nitrogens is 2. The first kappa shape index (κ1) is 35.3. The van der Waals surface area contributed by atoms with Crippen LogP contribution in [0.1, 0.15) is 41.5 Å². The van der Waals surface area contributed by atoms with Gasteiger partial charge in [-0.1, -0.05) is 77.9 Å². The molecule has 0 unspecified atom stereocenters. The van der Waals surface area contributed by atoms with Gasteiger partial charge in [0.1, 0.15) is 5.76 Å². The van der Waals surface area contributed by atoms with E-state index < -0.39 is 5.41 Å². The predicted molar refractivity (Wildman–Crippen MR) is 177 cm³/mol. The van der Waals surface area contributed by atoms with Crippen LogP contribution in [0, 0.1) is 30.4 Å². The van der Waals surface area contributed by atoms with Crippen LogP contribution >= 0.6 is 0 Å². The van der Waals surface area contributed by atoms with Crippen LogP contribution in [0.15, 0.2) is 109 Å². The molecule has 1 N–H and O–H groups in total. The van der Waals surface area contributed by atoms with E-state index in [1.54, 1.807) is 0 Å². The smallest absolute Gasteiger partial charge is 0.512 e. The third-order valence-electron chi connectivity index (χ3n) is 6.59. The molecule has 0 radical (unpaired) electrons. The number of hydrogen-bond donors (Lipinski definition) is 1. The van der Waals surface area contributed by atoms with Gasteiger partial charge in [-0.15, -0.1) is 70.1 Å². The summed E-state index contributed by atoms with van der Waals surface area (Å²) in [5, 5.41) is 16.5. The van der Waals surface area contributed by atoms with E-state index in [9.17, 15) is 9.90 Å². The molecule has 0 atom stereocenters. The maximum atomic E-state index is 11.5. The van der Waals surface area contributed by atoms with Gasteiger partial charge >= 0.3 is 20.1 Å². The van der Waals surface area contributed by atoms with Gasteiger partial charge in [0.2, 0.25) is 0 Å². The van der Waals surface area contributed by atoms with Crippen LogP contribution in [0.5, 0.6) is 0 Å². The van der Waals surface area contributed by atoms with Crippen molar-refractivity contribution in [3.8, 4) is 0 Å². The molecular weight excluding hydrogens is 709 g/mol. The van der Waals surface area contributed by atoms with Crippen LogP contribution < -0.4 is 0 Å². The molecule has 0 aliphatic carbocycles. The summed E-state index contributed by atoms with van der Waals surface area (Å²) in [6.07, 6.45) is 4.98. The predicted octanol–water partition coefficient (Wildman–Crippen LogP) is 9.91. The number of pyridine rings is 2. The standard InChI is InChI=1S/2C13H8N.C11H20O2.CH3.Ir/c2*1-2-6-12-10(4-1)7-8-11-5-3-9-14-13(11)12;1-10(2,3)8(12)7-9(13)11(4,5)6;;/h2*1-5,7-9H;7,12H,1-6H3;1H3;/q2*-1;;-1;+3/b;;8-7-;;. The number of aliphatic hydroxyl groups excluding tert-OH is 1. The van der Waals surface area contributed by atoms with E-state index >= 15 is 0 Å². The summed E-state index contributed by atoms with van der Waals surface area (Å²) < 4.78 is 0. The van der Waals surface area contributed by atoms with Crippen molar-refractivity contribution in [3.63, 3.8) is 0 Å². The van der Waals surface area contributed by atoms with Gasteiger partial charge in [-0.3, -0.25) is 4.79 Å². The Morgan fingerprint density at radius 1 is 0.651 bits per heavy atom. The van der Waals surface area contributed by atoms with Crippen LogP contribution in [0.3, 0.4) is 0 Å². The molecule has 2 aromatic heterocycles. The molecule has 0 spiro atoms. The van der Waals surface area contributed by atoms with E-state index in [2.05, 4.69) is 70.6 Å². The van der Waals surface area contributed by atoms with Gasteiger partial charge in [0.25, 0.3) is 0 Å². The van der Waals surface area contributed by atoms with Gasteiger partial charge < -0.3 is 22.5 Å². The van der Waals surface area contributed by atoms with Crippen molar-refractivity contribution < 1.29 is 30.0 Å². The Balaban J connectivity index is 0.000000221. The maximum Gasteiger partial charge on any atom is 3.00 e. The second-order valence-corrected chi connectivity index (χ2v) is 11.9. The van der Waals surface area contributed by atoms with Crippen LogP contribution in [0.2, 0.25) is 0 Å². The molecule has 0 aliphatic rings. The molecule has 0 fully saturated rings. The molecule has 2 heterocycles. The first-order valence-electron chi connectivity index (χ1n) is 13.7. The number of ketones is 1. The van der Waals surface area contributed by atoms with Crippen LogP contribution in [0.25, 0.3) is 43.4 Å². The normalized spacial score (nSPS) is 11.4. The number of carbonyl (C=O) groups is 1. The number of nitrogens with zero attached hydrogens (tertiary/aromatic N) is 2. The van der Waals surface area contributed by atoms with Gasteiger partial charge in [0.05, 0.1) is 0 Å². The summed E-state index contributed by atoms with van der Waals surface area (Å²) in [7, 11) is 0. The molecule has 43 heavy (non-hydrogen) atoms. The largest absolute Gasteiger partial charge is 3.00 e. The third-order valence-corrected chi connectivity index (χ3v) is 6.59. The van der Waals surface area contributed by atoms with Crippen molar-refractivity contribution >= 4 is 49.1 Å². The second-order valence-electron chi connectivity index (χ2n) is 11.9. The number of fused-ring (bicyclic) bond motifs is 6. The minimum atomic E-state index is -0.417. The van der Waals surface area contributed by atoms with E-state index in [1.165, 1.54) is 27.6 Å². The van der Waals surface area contributed by atoms with Crippen molar-refractivity contribution in [2.75, 3.05) is 0 Å². The Morgan fingerprint density at radius 3 is 1.44 bits per heavy atom. The molecule has 6 aromatic rings. The van der Waals surface area contributed by atoms with E-state index in [0.717, 1.165) is 21.8 Å². The third kappa shape index (κ3) is 9.03. The van der Waals surface area contributed by atoms with Crippen LogP contribution in [-0.4, -0.2) is 20.9 Å². The van der Waals surface area contributed by atoms with Gasteiger partial charge in [-0.25, -0.2) is 0 Å². The molecule has 0 bridgehead atoms. The van der Waals surface area contributed by atoms with Crippen molar-refractivity contribution in [1.29, 1.82) is 0 Å². The van der Waals surface area contributed by atoms with Crippen LogP contribution in [-0.2, 0) is 24.9 Å². The zero-order valence-corrected chi connectivity index (χ0v) is 28.3. The number of rotatable bonds is 1. The molecule has 0 aliphatic heterocycles. The van der Waals surface area contributed by atoms with Crippen molar-refractivity contribution in [2.45, 2.75) is 41.5 Å². The van der Waals surface area contributed by atoms with Crippen molar-refractivity contribution in [1.82, 2.24) is 9.97 Å². The van der Waals surface area contributed by atoms with Crippen molar-refractivity contribution in [2.24, 2.45) is 10.8 Å². The molecular formula is C38H39IrN2O2. The Bertz CT molecular complexity index is 1630.